The molecule has 0 radical (unpaired) electrons. The number of aryl methyl sites for hydroxylation is 2. The van der Waals surface area contributed by atoms with Crippen molar-refractivity contribution in [1.29, 1.82) is 0 Å². The summed E-state index contributed by atoms with van der Waals surface area (Å²) in [6.45, 7) is 5.03. The van der Waals surface area contributed by atoms with Crippen LogP contribution in [0.15, 0.2) is 77.8 Å². The molecule has 0 bridgehead atoms. The standard InChI is InChI=1S/C32H32N6O2S/c1-22-8-9-27-25(18-22)29(30(36(27)2)24-6-4-3-5-7-24)32(40)38-15-13-37(14-16-38)28-20-34-26(19-35-28)31(39)33-12-10-23-11-17-41-21-23/h3-9,11,17-21H,10,12-16H2,1-2H3,(H,33,39). The van der Waals surface area contributed by atoms with Gasteiger partial charge in [0.2, 0.25) is 0 Å². The number of carbonyl (C=O) groups excluding carboxylic acids is 2. The third-order valence-corrected chi connectivity index (χ3v) is 8.39. The number of nitrogens with one attached hydrogen (secondary N) is 1. The summed E-state index contributed by atoms with van der Waals surface area (Å²) in [6.07, 6.45) is 3.96. The molecule has 0 aliphatic carbocycles. The van der Waals surface area contributed by atoms with E-state index in [-0.39, 0.29) is 11.8 Å². The third kappa shape index (κ3) is 5.45. The number of fused-ring (bicyclic) bond motifs is 1. The minimum Gasteiger partial charge on any atom is -0.352 e. The van der Waals surface area contributed by atoms with Crippen molar-refractivity contribution in [2.24, 2.45) is 7.05 Å². The molecule has 8 nitrogen and oxygen atoms in total. The van der Waals surface area contributed by atoms with E-state index in [0.717, 1.165) is 39.7 Å². The second kappa shape index (κ2) is 11.5. The van der Waals surface area contributed by atoms with Gasteiger partial charge in [-0.1, -0.05) is 42.0 Å². The van der Waals surface area contributed by atoms with Crippen LogP contribution in [-0.2, 0) is 13.5 Å². The van der Waals surface area contributed by atoms with Crippen molar-refractivity contribution in [3.8, 4) is 11.3 Å². The lowest BCUT2D eigenvalue weighted by atomic mass is 10.0. The van der Waals surface area contributed by atoms with Gasteiger partial charge in [0.05, 0.1) is 23.7 Å². The lowest BCUT2D eigenvalue weighted by Crippen LogP contribution is -2.49. The smallest absolute Gasteiger partial charge is 0.271 e. The fourth-order valence-corrected chi connectivity index (χ4v) is 6.16. The number of nitrogens with zero attached hydrogens (tertiary/aromatic N) is 5. The van der Waals surface area contributed by atoms with Gasteiger partial charge >= 0.3 is 0 Å². The molecule has 6 rings (SSSR count). The largest absolute Gasteiger partial charge is 0.352 e. The van der Waals surface area contributed by atoms with Gasteiger partial charge in [-0.3, -0.25) is 9.59 Å². The summed E-state index contributed by atoms with van der Waals surface area (Å²) in [7, 11) is 2.03. The number of hydrogen-bond donors (Lipinski definition) is 1. The van der Waals surface area contributed by atoms with Crippen molar-refractivity contribution >= 4 is 39.9 Å². The first-order chi connectivity index (χ1) is 20.0. The number of amides is 2. The molecule has 9 heteroatoms. The second-order valence-electron chi connectivity index (χ2n) is 10.3. The number of benzene rings is 2. The first-order valence-corrected chi connectivity index (χ1v) is 14.7. The molecule has 208 valence electrons. The quantitative estimate of drug-likeness (QED) is 0.303. The Morgan fingerprint density at radius 1 is 0.976 bits per heavy atom. The van der Waals surface area contributed by atoms with Crippen LogP contribution in [-0.4, -0.2) is 64.0 Å². The molecular weight excluding hydrogens is 532 g/mol. The predicted molar refractivity (Wildman–Crippen MR) is 164 cm³/mol. The van der Waals surface area contributed by atoms with Crippen LogP contribution in [0.3, 0.4) is 0 Å². The van der Waals surface area contributed by atoms with Gasteiger partial charge in [0.25, 0.3) is 11.8 Å². The molecule has 0 spiro atoms. The highest BCUT2D eigenvalue weighted by Gasteiger charge is 2.29. The van der Waals surface area contributed by atoms with E-state index in [1.54, 1.807) is 17.5 Å². The van der Waals surface area contributed by atoms with Crippen molar-refractivity contribution in [3.05, 3.63) is 100 Å². The molecule has 0 unspecified atom stereocenters. The van der Waals surface area contributed by atoms with Crippen LogP contribution in [0.4, 0.5) is 5.82 Å². The van der Waals surface area contributed by atoms with Crippen LogP contribution in [0.2, 0.25) is 0 Å². The van der Waals surface area contributed by atoms with E-state index in [2.05, 4.69) is 73.5 Å². The molecule has 1 fully saturated rings. The second-order valence-corrected chi connectivity index (χ2v) is 11.1. The molecule has 1 aliphatic rings. The average molecular weight is 565 g/mol. The zero-order valence-electron chi connectivity index (χ0n) is 23.2. The minimum atomic E-state index is -0.228. The van der Waals surface area contributed by atoms with E-state index in [4.69, 9.17) is 0 Å². The highest BCUT2D eigenvalue weighted by molar-refractivity contribution is 7.07. The first-order valence-electron chi connectivity index (χ1n) is 13.8. The van der Waals surface area contributed by atoms with Gasteiger partial charge in [-0.25, -0.2) is 9.97 Å². The van der Waals surface area contributed by atoms with Crippen LogP contribution < -0.4 is 10.2 Å². The first kappa shape index (κ1) is 26.7. The van der Waals surface area contributed by atoms with E-state index < -0.39 is 0 Å². The zero-order chi connectivity index (χ0) is 28.3. The maximum Gasteiger partial charge on any atom is 0.271 e. The Morgan fingerprint density at radius 2 is 1.78 bits per heavy atom. The molecule has 0 atom stereocenters. The average Bonchev–Trinajstić information content (AvgIpc) is 3.63. The number of piperazine rings is 1. The third-order valence-electron chi connectivity index (χ3n) is 7.66. The number of anilines is 1. The molecule has 3 aromatic heterocycles. The van der Waals surface area contributed by atoms with Crippen LogP contribution in [0.5, 0.6) is 0 Å². The monoisotopic (exact) mass is 564 g/mol. The van der Waals surface area contributed by atoms with Gasteiger partial charge in [0, 0.05) is 50.7 Å². The zero-order valence-corrected chi connectivity index (χ0v) is 24.0. The molecule has 0 saturated carbocycles. The summed E-state index contributed by atoms with van der Waals surface area (Å²) < 4.78 is 2.13. The molecule has 1 aliphatic heterocycles. The Labute approximate surface area is 243 Å². The molecule has 41 heavy (non-hydrogen) atoms. The number of hydrogen-bond acceptors (Lipinski definition) is 6. The Bertz CT molecular complexity index is 1670. The topological polar surface area (TPSA) is 83.4 Å². The molecule has 1 N–H and O–H groups in total. The van der Waals surface area contributed by atoms with Crippen LogP contribution in [0, 0.1) is 6.92 Å². The fourth-order valence-electron chi connectivity index (χ4n) is 5.45. The van der Waals surface area contributed by atoms with E-state index in [1.807, 2.05) is 35.5 Å². The Balaban J connectivity index is 1.14. The van der Waals surface area contributed by atoms with Crippen molar-refractivity contribution in [2.75, 3.05) is 37.6 Å². The Hall–Kier alpha value is -4.50. The molecule has 5 aromatic rings. The summed E-state index contributed by atoms with van der Waals surface area (Å²) in [5.74, 6) is 0.521. The molecule has 2 aromatic carbocycles. The summed E-state index contributed by atoms with van der Waals surface area (Å²) >= 11 is 1.65. The van der Waals surface area contributed by atoms with Crippen molar-refractivity contribution in [3.63, 3.8) is 0 Å². The van der Waals surface area contributed by atoms with Gasteiger partial charge in [-0.05, 0) is 53.4 Å². The van der Waals surface area contributed by atoms with E-state index >= 15 is 0 Å². The van der Waals surface area contributed by atoms with E-state index in [1.165, 1.54) is 11.8 Å². The van der Waals surface area contributed by atoms with Gasteiger partial charge in [0.15, 0.2) is 0 Å². The van der Waals surface area contributed by atoms with Gasteiger partial charge < -0.3 is 19.7 Å². The lowest BCUT2D eigenvalue weighted by molar-refractivity contribution is 0.0748. The predicted octanol–water partition coefficient (Wildman–Crippen LogP) is 4.94. The number of aromatic nitrogens is 3. The van der Waals surface area contributed by atoms with Gasteiger partial charge in [0.1, 0.15) is 11.5 Å². The van der Waals surface area contributed by atoms with E-state index in [0.29, 0.717) is 44.2 Å². The summed E-state index contributed by atoms with van der Waals surface area (Å²) in [4.78, 5) is 39.5. The normalized spacial score (nSPS) is 13.5. The van der Waals surface area contributed by atoms with Crippen molar-refractivity contribution < 1.29 is 9.59 Å². The summed E-state index contributed by atoms with van der Waals surface area (Å²) in [5.41, 5.74) is 6.39. The molecule has 2 amide bonds. The fraction of sp³-hybridized carbons (Fsp3) is 0.250. The van der Waals surface area contributed by atoms with Gasteiger partial charge in [-0.2, -0.15) is 11.3 Å². The van der Waals surface area contributed by atoms with Crippen LogP contribution in [0.1, 0.15) is 32.0 Å². The molecule has 4 heterocycles. The SMILES string of the molecule is Cc1ccc2c(c1)c(C(=O)N1CCN(c3cnc(C(=O)NCCc4ccsc4)cn3)CC1)c(-c1ccccc1)n2C. The molecule has 1 saturated heterocycles. The van der Waals surface area contributed by atoms with Crippen molar-refractivity contribution in [2.45, 2.75) is 13.3 Å². The van der Waals surface area contributed by atoms with E-state index in [9.17, 15) is 9.59 Å². The van der Waals surface area contributed by atoms with Crippen molar-refractivity contribution in [1.82, 2.24) is 24.8 Å². The minimum absolute atomic E-state index is 0.0419. The Kier molecular flexibility index (Phi) is 7.52. The van der Waals surface area contributed by atoms with Gasteiger partial charge in [-0.15, -0.1) is 0 Å². The number of carbonyl (C=O) groups is 2. The maximum atomic E-state index is 14.1. The highest BCUT2D eigenvalue weighted by Crippen LogP contribution is 2.35. The summed E-state index contributed by atoms with van der Waals surface area (Å²) in [5, 5.41) is 8.00. The highest BCUT2D eigenvalue weighted by atomic mass is 32.1. The number of thiophene rings is 1. The molecular formula is C32H32N6O2S. The lowest BCUT2D eigenvalue weighted by Gasteiger charge is -2.35. The van der Waals surface area contributed by atoms with Crippen LogP contribution in [0.25, 0.3) is 22.2 Å². The maximum absolute atomic E-state index is 14.1. The summed E-state index contributed by atoms with van der Waals surface area (Å²) in [6, 6.07) is 18.5. The Morgan fingerprint density at radius 3 is 2.49 bits per heavy atom. The number of rotatable bonds is 7. The van der Waals surface area contributed by atoms with Crippen LogP contribution >= 0.6 is 11.3 Å².